The Bertz CT molecular complexity index is 506. The van der Waals surface area contributed by atoms with Gasteiger partial charge in [0.2, 0.25) is 5.82 Å². The molecule has 0 amide bonds. The molecule has 2 aromatic heterocycles. The van der Waals surface area contributed by atoms with Crippen molar-refractivity contribution in [2.24, 2.45) is 5.92 Å². The molecule has 0 saturated heterocycles. The predicted molar refractivity (Wildman–Crippen MR) is 71.5 cm³/mol. The topological polar surface area (TPSA) is 76.7 Å². The fourth-order valence-corrected chi connectivity index (χ4v) is 3.17. The molecule has 6 nitrogen and oxygen atoms in total. The minimum atomic E-state index is -0.388. The molecule has 102 valence electrons. The maximum Gasteiger partial charge on any atom is 0.224 e. The van der Waals surface area contributed by atoms with Crippen LogP contribution in [-0.2, 0) is 6.54 Å². The van der Waals surface area contributed by atoms with Gasteiger partial charge in [-0.1, -0.05) is 25.7 Å². The van der Waals surface area contributed by atoms with Gasteiger partial charge in [-0.3, -0.25) is 0 Å². The van der Waals surface area contributed by atoms with Crippen LogP contribution in [0, 0.1) is 5.92 Å². The van der Waals surface area contributed by atoms with Crippen molar-refractivity contribution in [2.45, 2.75) is 44.8 Å². The van der Waals surface area contributed by atoms with Crippen molar-refractivity contribution >= 4 is 11.3 Å². The first-order valence-corrected chi connectivity index (χ1v) is 7.60. The zero-order chi connectivity index (χ0) is 13.1. The van der Waals surface area contributed by atoms with E-state index in [4.69, 9.17) is 0 Å². The van der Waals surface area contributed by atoms with E-state index in [9.17, 15) is 5.11 Å². The molecular formula is C12H17N5OS. The van der Waals surface area contributed by atoms with E-state index in [-0.39, 0.29) is 6.10 Å². The second-order valence-corrected chi connectivity index (χ2v) is 5.80. The van der Waals surface area contributed by atoms with Crippen LogP contribution >= 0.6 is 11.3 Å². The standard InChI is InChI=1S/C12H17N5OS/c18-10(5-9-3-1-2-4-9)6-17-15-12(14-16-17)11-7-19-8-13-11/h7-10,18H,1-6H2. The van der Waals surface area contributed by atoms with Gasteiger partial charge >= 0.3 is 0 Å². The number of hydrogen-bond donors (Lipinski definition) is 1. The maximum absolute atomic E-state index is 10.1. The number of nitrogens with zero attached hydrogens (tertiary/aromatic N) is 5. The summed E-state index contributed by atoms with van der Waals surface area (Å²) in [6.07, 6.45) is 5.53. The summed E-state index contributed by atoms with van der Waals surface area (Å²) in [4.78, 5) is 5.61. The third-order valence-corrected chi connectivity index (χ3v) is 4.15. The molecule has 1 atom stereocenters. The Morgan fingerprint density at radius 2 is 2.26 bits per heavy atom. The van der Waals surface area contributed by atoms with Gasteiger partial charge in [-0.05, 0) is 17.6 Å². The second-order valence-electron chi connectivity index (χ2n) is 5.08. The summed E-state index contributed by atoms with van der Waals surface area (Å²) in [5.41, 5.74) is 2.48. The van der Waals surface area contributed by atoms with Gasteiger partial charge in [0.1, 0.15) is 5.69 Å². The van der Waals surface area contributed by atoms with Crippen molar-refractivity contribution in [1.82, 2.24) is 25.2 Å². The van der Waals surface area contributed by atoms with Crippen molar-refractivity contribution in [3.63, 3.8) is 0 Å². The third kappa shape index (κ3) is 3.16. The van der Waals surface area contributed by atoms with E-state index in [2.05, 4.69) is 20.4 Å². The number of thiazole rings is 1. The van der Waals surface area contributed by atoms with E-state index in [1.807, 2.05) is 5.38 Å². The fraction of sp³-hybridized carbons (Fsp3) is 0.667. The van der Waals surface area contributed by atoms with Crippen LogP contribution in [0.15, 0.2) is 10.9 Å². The highest BCUT2D eigenvalue weighted by atomic mass is 32.1. The lowest BCUT2D eigenvalue weighted by Gasteiger charge is -2.13. The van der Waals surface area contributed by atoms with E-state index < -0.39 is 0 Å². The van der Waals surface area contributed by atoms with Gasteiger partial charge in [0, 0.05) is 5.38 Å². The largest absolute Gasteiger partial charge is 0.391 e. The van der Waals surface area contributed by atoms with Crippen molar-refractivity contribution in [3.05, 3.63) is 10.9 Å². The first-order chi connectivity index (χ1) is 9.31. The zero-order valence-corrected chi connectivity index (χ0v) is 11.5. The first-order valence-electron chi connectivity index (χ1n) is 6.65. The number of aliphatic hydroxyl groups is 1. The van der Waals surface area contributed by atoms with E-state index in [1.165, 1.54) is 41.8 Å². The van der Waals surface area contributed by atoms with E-state index in [0.717, 1.165) is 12.1 Å². The van der Waals surface area contributed by atoms with E-state index >= 15 is 0 Å². The van der Waals surface area contributed by atoms with Gasteiger partial charge < -0.3 is 5.11 Å². The monoisotopic (exact) mass is 279 g/mol. The number of aromatic nitrogens is 5. The normalized spacial score (nSPS) is 17.9. The number of aliphatic hydroxyl groups excluding tert-OH is 1. The highest BCUT2D eigenvalue weighted by Gasteiger charge is 2.20. The summed E-state index contributed by atoms with van der Waals surface area (Å²) >= 11 is 1.50. The van der Waals surface area contributed by atoms with Crippen molar-refractivity contribution in [2.75, 3.05) is 0 Å². The van der Waals surface area contributed by atoms with Crippen LogP contribution in [0.3, 0.4) is 0 Å². The van der Waals surface area contributed by atoms with E-state index in [0.29, 0.717) is 18.3 Å². The van der Waals surface area contributed by atoms with Crippen molar-refractivity contribution < 1.29 is 5.11 Å². The Kier molecular flexibility index (Phi) is 3.84. The lowest BCUT2D eigenvalue weighted by Crippen LogP contribution is -2.20. The summed E-state index contributed by atoms with van der Waals surface area (Å²) in [6, 6.07) is 0. The number of tetrazole rings is 1. The molecule has 1 N–H and O–H groups in total. The average Bonchev–Trinajstić information content (AvgIpc) is 3.09. The molecule has 1 saturated carbocycles. The molecule has 7 heteroatoms. The zero-order valence-electron chi connectivity index (χ0n) is 10.6. The molecule has 3 rings (SSSR count). The Morgan fingerprint density at radius 3 is 3.00 bits per heavy atom. The molecule has 1 aliphatic rings. The Labute approximate surface area is 115 Å². The molecule has 2 aromatic rings. The Balaban J connectivity index is 1.57. The highest BCUT2D eigenvalue weighted by molar-refractivity contribution is 7.07. The van der Waals surface area contributed by atoms with Crippen LogP contribution in [0.5, 0.6) is 0 Å². The van der Waals surface area contributed by atoms with Gasteiger partial charge in [-0.2, -0.15) is 4.80 Å². The summed E-state index contributed by atoms with van der Waals surface area (Å²) < 4.78 is 0. The van der Waals surface area contributed by atoms with Crippen LogP contribution in [0.4, 0.5) is 0 Å². The van der Waals surface area contributed by atoms with Crippen LogP contribution in [0.2, 0.25) is 0 Å². The second kappa shape index (κ2) is 5.75. The van der Waals surface area contributed by atoms with Crippen molar-refractivity contribution in [3.8, 4) is 11.5 Å². The van der Waals surface area contributed by atoms with Crippen LogP contribution < -0.4 is 0 Å². The minimum Gasteiger partial charge on any atom is -0.391 e. The van der Waals surface area contributed by atoms with Gasteiger partial charge in [0.05, 0.1) is 18.2 Å². The molecule has 1 aliphatic carbocycles. The molecule has 0 spiro atoms. The lowest BCUT2D eigenvalue weighted by molar-refractivity contribution is 0.115. The number of rotatable bonds is 5. The van der Waals surface area contributed by atoms with E-state index in [1.54, 1.807) is 5.51 Å². The lowest BCUT2D eigenvalue weighted by atomic mass is 10.0. The molecule has 0 aliphatic heterocycles. The van der Waals surface area contributed by atoms with Gasteiger partial charge in [0.25, 0.3) is 0 Å². The average molecular weight is 279 g/mol. The summed E-state index contributed by atoms with van der Waals surface area (Å²) in [7, 11) is 0. The van der Waals surface area contributed by atoms with Gasteiger partial charge in [0.15, 0.2) is 0 Å². The third-order valence-electron chi connectivity index (χ3n) is 3.57. The first kappa shape index (κ1) is 12.7. The molecule has 1 fully saturated rings. The smallest absolute Gasteiger partial charge is 0.224 e. The molecule has 19 heavy (non-hydrogen) atoms. The number of hydrogen-bond acceptors (Lipinski definition) is 6. The van der Waals surface area contributed by atoms with Crippen LogP contribution in [-0.4, -0.2) is 36.4 Å². The highest BCUT2D eigenvalue weighted by Crippen LogP contribution is 2.28. The summed E-state index contributed by atoms with van der Waals surface area (Å²) in [5, 5.41) is 24.1. The van der Waals surface area contributed by atoms with Crippen LogP contribution in [0.1, 0.15) is 32.1 Å². The Morgan fingerprint density at radius 1 is 1.42 bits per heavy atom. The molecule has 1 unspecified atom stereocenters. The quantitative estimate of drug-likeness (QED) is 0.902. The van der Waals surface area contributed by atoms with Crippen molar-refractivity contribution in [1.29, 1.82) is 0 Å². The molecule has 2 heterocycles. The fourth-order valence-electron chi connectivity index (χ4n) is 2.64. The predicted octanol–water partition coefficient (Wildman–Crippen LogP) is 1.74. The maximum atomic E-state index is 10.1. The molecule has 0 bridgehead atoms. The SMILES string of the molecule is OC(CC1CCCC1)Cn1nnc(-c2cscn2)n1. The summed E-state index contributed by atoms with van der Waals surface area (Å²) in [5.74, 6) is 1.19. The molecule has 0 radical (unpaired) electrons. The van der Waals surface area contributed by atoms with Gasteiger partial charge in [-0.25, -0.2) is 4.98 Å². The molecular weight excluding hydrogens is 262 g/mol. The van der Waals surface area contributed by atoms with Gasteiger partial charge in [-0.15, -0.1) is 21.5 Å². The summed E-state index contributed by atoms with van der Waals surface area (Å²) in [6.45, 7) is 0.410. The van der Waals surface area contributed by atoms with Crippen LogP contribution in [0.25, 0.3) is 11.5 Å². The minimum absolute atomic E-state index is 0.388. The molecule has 0 aromatic carbocycles. The Hall–Kier alpha value is -1.34.